The summed E-state index contributed by atoms with van der Waals surface area (Å²) < 4.78 is 48.2. The van der Waals surface area contributed by atoms with E-state index in [1.54, 1.807) is 44.2 Å². The highest BCUT2D eigenvalue weighted by atomic mass is 32.2. The van der Waals surface area contributed by atoms with Crippen molar-refractivity contribution < 1.29 is 37.0 Å². The Bertz CT molecular complexity index is 1340. The maximum absolute atomic E-state index is 13.6. The molecule has 0 aromatic heterocycles. The van der Waals surface area contributed by atoms with E-state index in [0.29, 0.717) is 37.4 Å². The van der Waals surface area contributed by atoms with Crippen LogP contribution in [0.4, 0.5) is 0 Å². The van der Waals surface area contributed by atoms with Gasteiger partial charge in [-0.2, -0.15) is 0 Å². The normalized spacial score (nSPS) is 23.5. The molecule has 0 aliphatic carbocycles. The summed E-state index contributed by atoms with van der Waals surface area (Å²) in [4.78, 5) is 24.0. The number of rotatable bonds is 17. The molecule has 2 saturated heterocycles. The number of hydrogen-bond donors (Lipinski definition) is 0. The molecular weight excluding hydrogens is 568 g/mol. The van der Waals surface area contributed by atoms with Gasteiger partial charge in [-0.1, -0.05) is 53.6 Å². The lowest BCUT2D eigenvalue weighted by atomic mass is 10.0. The summed E-state index contributed by atoms with van der Waals surface area (Å²) in [5.41, 5.74) is 4.06. The van der Waals surface area contributed by atoms with Crippen molar-refractivity contribution >= 4 is 21.8 Å². The number of allylic oxidation sites excluding steroid dienone is 5. The Balaban J connectivity index is 1.61. The van der Waals surface area contributed by atoms with Crippen molar-refractivity contribution in [1.29, 1.82) is 0 Å². The van der Waals surface area contributed by atoms with Gasteiger partial charge in [0.25, 0.3) is 0 Å². The number of carbonyl (C=O) groups is 2. The summed E-state index contributed by atoms with van der Waals surface area (Å²) in [7, 11) is -3.59. The molecule has 0 N–H and O–H groups in total. The van der Waals surface area contributed by atoms with Gasteiger partial charge < -0.3 is 18.9 Å². The van der Waals surface area contributed by atoms with Crippen molar-refractivity contribution in [3.63, 3.8) is 0 Å². The largest absolute Gasteiger partial charge is 0.464 e. The van der Waals surface area contributed by atoms with Crippen LogP contribution in [0.3, 0.4) is 0 Å². The predicted molar refractivity (Wildman–Crippen MR) is 166 cm³/mol. The van der Waals surface area contributed by atoms with Gasteiger partial charge >= 0.3 is 11.9 Å². The van der Waals surface area contributed by atoms with Crippen LogP contribution in [0.25, 0.3) is 0 Å². The van der Waals surface area contributed by atoms with Gasteiger partial charge in [-0.15, -0.1) is 0 Å². The molecule has 0 radical (unpaired) electrons. The van der Waals surface area contributed by atoms with E-state index in [2.05, 4.69) is 6.08 Å². The minimum Gasteiger partial charge on any atom is -0.464 e. The molecule has 3 rings (SSSR count). The number of ether oxygens (including phenoxy) is 4. The second-order valence-corrected chi connectivity index (χ2v) is 13.3. The van der Waals surface area contributed by atoms with Crippen LogP contribution in [-0.4, -0.2) is 63.2 Å². The second kappa shape index (κ2) is 16.2. The smallest absolute Gasteiger partial charge is 0.338 e. The Labute approximate surface area is 256 Å². The molecule has 0 amide bonds. The molecule has 0 saturated carbocycles. The van der Waals surface area contributed by atoms with Crippen molar-refractivity contribution in [2.24, 2.45) is 0 Å². The summed E-state index contributed by atoms with van der Waals surface area (Å²) in [5, 5.41) is -0.697. The zero-order valence-electron chi connectivity index (χ0n) is 26.2. The first kappa shape index (κ1) is 34.5. The molecule has 8 nitrogen and oxygen atoms in total. The summed E-state index contributed by atoms with van der Waals surface area (Å²) in [6, 6.07) is 8.57. The van der Waals surface area contributed by atoms with Gasteiger partial charge in [0, 0.05) is 0 Å². The zero-order chi connectivity index (χ0) is 31.6. The lowest BCUT2D eigenvalue weighted by molar-refractivity contribution is -0.145. The highest BCUT2D eigenvalue weighted by Crippen LogP contribution is 2.32. The molecule has 9 heteroatoms. The Morgan fingerprint density at radius 3 is 1.74 bits per heavy atom. The minimum atomic E-state index is -3.59. The van der Waals surface area contributed by atoms with E-state index in [4.69, 9.17) is 18.9 Å². The lowest BCUT2D eigenvalue weighted by Gasteiger charge is -2.15. The third-order valence-corrected chi connectivity index (χ3v) is 9.62. The van der Waals surface area contributed by atoms with Gasteiger partial charge in [0.1, 0.15) is 12.2 Å². The second-order valence-electron chi connectivity index (χ2n) is 11.1. The number of sulfone groups is 1. The quantitative estimate of drug-likeness (QED) is 0.115. The van der Waals surface area contributed by atoms with Crippen molar-refractivity contribution in [3.8, 4) is 0 Å². The summed E-state index contributed by atoms with van der Waals surface area (Å²) in [5.74, 6) is -0.657. The van der Waals surface area contributed by atoms with E-state index in [1.807, 2.05) is 45.9 Å². The van der Waals surface area contributed by atoms with E-state index < -0.39 is 27.3 Å². The summed E-state index contributed by atoms with van der Waals surface area (Å²) in [6.07, 6.45) is 9.82. The summed E-state index contributed by atoms with van der Waals surface area (Å²) >= 11 is 0. The summed E-state index contributed by atoms with van der Waals surface area (Å²) in [6.45, 7) is 12.1. The standard InChI is InChI=1S/C34H46O8S/c1-7-39-33(35)31-29(41-31)25(5)16-12-14-23(3)20-21-28(43(37,38)27-18-10-9-11-19-27)22-24(4)15-13-17-26(6)30-32(42-30)34(36)40-8-2/h9-11,16-20,22,28-32H,7-8,12-15,21H2,1-6H3/b23-20+,24-22+,25-16+,26-17+. The number of hydrogen-bond acceptors (Lipinski definition) is 8. The Morgan fingerprint density at radius 1 is 0.767 bits per heavy atom. The van der Waals surface area contributed by atoms with Crippen molar-refractivity contribution in [2.75, 3.05) is 13.2 Å². The average Bonchev–Trinajstić information content (AvgIpc) is 3.90. The van der Waals surface area contributed by atoms with E-state index in [-0.39, 0.29) is 24.1 Å². The third-order valence-electron chi connectivity index (χ3n) is 7.57. The Hall–Kier alpha value is -3.01. The van der Waals surface area contributed by atoms with Crippen molar-refractivity contribution in [3.05, 3.63) is 76.9 Å². The average molecular weight is 615 g/mol. The highest BCUT2D eigenvalue weighted by molar-refractivity contribution is 7.92. The maximum Gasteiger partial charge on any atom is 0.338 e. The van der Waals surface area contributed by atoms with E-state index in [9.17, 15) is 18.0 Å². The topological polar surface area (TPSA) is 112 Å². The third kappa shape index (κ3) is 10.3. The minimum absolute atomic E-state index is 0.216. The van der Waals surface area contributed by atoms with Gasteiger partial charge in [0.2, 0.25) is 0 Å². The molecule has 236 valence electrons. The molecule has 5 unspecified atom stereocenters. The molecule has 2 aliphatic heterocycles. The molecule has 43 heavy (non-hydrogen) atoms. The zero-order valence-corrected chi connectivity index (χ0v) is 27.0. The van der Waals surface area contributed by atoms with Gasteiger partial charge in [-0.3, -0.25) is 0 Å². The van der Waals surface area contributed by atoms with Crippen LogP contribution in [0.15, 0.2) is 81.8 Å². The van der Waals surface area contributed by atoms with E-state index >= 15 is 0 Å². The van der Waals surface area contributed by atoms with Crippen LogP contribution in [0.1, 0.15) is 73.6 Å². The van der Waals surface area contributed by atoms with Crippen LogP contribution in [-0.2, 0) is 38.4 Å². The van der Waals surface area contributed by atoms with Crippen LogP contribution < -0.4 is 0 Å². The number of carbonyl (C=O) groups excluding carboxylic acids is 2. The van der Waals surface area contributed by atoms with Gasteiger partial charge in [-0.05, 0) is 96.9 Å². The van der Waals surface area contributed by atoms with Crippen LogP contribution >= 0.6 is 0 Å². The molecule has 1 aromatic carbocycles. The number of epoxide rings is 2. The molecule has 0 spiro atoms. The maximum atomic E-state index is 13.6. The SMILES string of the molecule is CCOC(=O)C1OC1/C(C)=C/CC/C(C)=C/CC(/C=C(\C)CC/C=C(\C)C1OC1C(=O)OCC)S(=O)(=O)c1ccccc1. The molecule has 1 aromatic rings. The van der Waals surface area contributed by atoms with Crippen LogP contribution in [0.5, 0.6) is 0 Å². The lowest BCUT2D eigenvalue weighted by Crippen LogP contribution is -2.19. The van der Waals surface area contributed by atoms with Crippen LogP contribution in [0, 0.1) is 0 Å². The molecular formula is C34H46O8S. The Kier molecular flexibility index (Phi) is 13.0. The number of benzene rings is 1. The first-order valence-corrected chi connectivity index (χ1v) is 16.6. The first-order chi connectivity index (χ1) is 20.5. The van der Waals surface area contributed by atoms with Gasteiger partial charge in [0.05, 0.1) is 23.4 Å². The molecule has 5 atom stereocenters. The van der Waals surface area contributed by atoms with E-state index in [1.165, 1.54) is 0 Å². The predicted octanol–water partition coefficient (Wildman–Crippen LogP) is 6.23. The van der Waals surface area contributed by atoms with Gasteiger partial charge in [-0.25, -0.2) is 18.0 Å². The van der Waals surface area contributed by atoms with E-state index in [0.717, 1.165) is 35.1 Å². The fourth-order valence-electron chi connectivity index (χ4n) is 4.90. The highest BCUT2D eigenvalue weighted by Gasteiger charge is 2.47. The van der Waals surface area contributed by atoms with Gasteiger partial charge in [0.15, 0.2) is 22.0 Å². The fourth-order valence-corrected chi connectivity index (χ4v) is 6.55. The molecule has 2 fully saturated rings. The Morgan fingerprint density at radius 2 is 1.26 bits per heavy atom. The molecule has 2 heterocycles. The molecule has 2 aliphatic rings. The fraction of sp³-hybridized carbons (Fsp3) is 0.529. The first-order valence-electron chi connectivity index (χ1n) is 15.1. The molecule has 0 bridgehead atoms. The van der Waals surface area contributed by atoms with Crippen LogP contribution in [0.2, 0.25) is 0 Å². The van der Waals surface area contributed by atoms with Crippen molar-refractivity contribution in [1.82, 2.24) is 0 Å². The number of esters is 2. The van der Waals surface area contributed by atoms with Crippen molar-refractivity contribution in [2.45, 2.75) is 108 Å². The monoisotopic (exact) mass is 614 g/mol.